The summed E-state index contributed by atoms with van der Waals surface area (Å²) in [6.07, 6.45) is 0.852. The molecular formula is C14H19ClFNO. The third-order valence-electron chi connectivity index (χ3n) is 3.63. The number of rotatable bonds is 5. The van der Waals surface area contributed by atoms with Crippen LogP contribution in [0.3, 0.4) is 0 Å². The summed E-state index contributed by atoms with van der Waals surface area (Å²) in [5, 5.41) is 0.432. The minimum atomic E-state index is -0.546. The first-order chi connectivity index (χ1) is 8.31. The van der Waals surface area contributed by atoms with Gasteiger partial charge in [-0.1, -0.05) is 18.5 Å². The molecular weight excluding hydrogens is 253 g/mol. The second kappa shape index (κ2) is 5.81. The predicted molar refractivity (Wildman–Crippen MR) is 72.5 cm³/mol. The molecule has 0 spiro atoms. The molecule has 0 aliphatic heterocycles. The van der Waals surface area contributed by atoms with Gasteiger partial charge in [-0.15, -0.1) is 0 Å². The van der Waals surface area contributed by atoms with E-state index in [1.54, 1.807) is 0 Å². The van der Waals surface area contributed by atoms with Crippen LogP contribution in [0, 0.1) is 5.82 Å². The summed E-state index contributed by atoms with van der Waals surface area (Å²) in [7, 11) is 3.74. The molecule has 1 aromatic rings. The van der Waals surface area contributed by atoms with Gasteiger partial charge < -0.3 is 0 Å². The molecule has 18 heavy (non-hydrogen) atoms. The molecule has 4 heteroatoms. The molecule has 0 bridgehead atoms. The minimum Gasteiger partial charge on any atom is -0.297 e. The monoisotopic (exact) mass is 271 g/mol. The highest BCUT2D eigenvalue weighted by Crippen LogP contribution is 2.23. The van der Waals surface area contributed by atoms with Crippen LogP contribution in [0.1, 0.15) is 25.8 Å². The normalized spacial score (nSPS) is 14.6. The molecule has 1 aromatic carbocycles. The molecule has 0 radical (unpaired) electrons. The Kier molecular flexibility index (Phi) is 4.88. The average molecular weight is 272 g/mol. The first-order valence-electron chi connectivity index (χ1n) is 5.96. The Bertz CT molecular complexity index is 447. The van der Waals surface area contributed by atoms with E-state index in [0.717, 1.165) is 0 Å². The highest BCUT2D eigenvalue weighted by molar-refractivity contribution is 6.31. The molecule has 0 N–H and O–H groups in total. The number of Topliss-reactive ketones (excluding diaryl/α,β-unsaturated/α-hetero) is 1. The van der Waals surface area contributed by atoms with Crippen LogP contribution in [-0.2, 0) is 11.2 Å². The smallest absolute Gasteiger partial charge is 0.157 e. The first kappa shape index (κ1) is 15.1. The molecule has 0 amide bonds. The fourth-order valence-electron chi connectivity index (χ4n) is 1.80. The van der Waals surface area contributed by atoms with Gasteiger partial charge in [0, 0.05) is 11.4 Å². The van der Waals surface area contributed by atoms with Crippen molar-refractivity contribution in [2.45, 2.75) is 32.2 Å². The minimum absolute atomic E-state index is 0.0440. The summed E-state index contributed by atoms with van der Waals surface area (Å²) in [4.78, 5) is 14.2. The fourth-order valence-corrected chi connectivity index (χ4v) is 1.99. The number of halogens is 2. The Balaban J connectivity index is 2.97. The van der Waals surface area contributed by atoms with Crippen molar-refractivity contribution < 1.29 is 9.18 Å². The Labute approximate surface area is 113 Å². The van der Waals surface area contributed by atoms with Gasteiger partial charge in [0.15, 0.2) is 5.78 Å². The molecule has 0 aromatic heterocycles. The maximum absolute atomic E-state index is 13.2. The van der Waals surface area contributed by atoms with Gasteiger partial charge in [-0.05, 0) is 51.2 Å². The van der Waals surface area contributed by atoms with Crippen molar-refractivity contribution in [3.63, 3.8) is 0 Å². The van der Waals surface area contributed by atoms with Gasteiger partial charge in [0.05, 0.1) is 5.54 Å². The fraction of sp³-hybridized carbons (Fsp3) is 0.500. The van der Waals surface area contributed by atoms with E-state index in [1.165, 1.54) is 18.2 Å². The summed E-state index contributed by atoms with van der Waals surface area (Å²) in [5.41, 5.74) is -0.00136. The van der Waals surface area contributed by atoms with E-state index in [-0.39, 0.29) is 18.0 Å². The Morgan fingerprint density at radius 1 is 1.44 bits per heavy atom. The van der Waals surface area contributed by atoms with E-state index >= 15 is 0 Å². The maximum atomic E-state index is 13.2. The van der Waals surface area contributed by atoms with Gasteiger partial charge in [-0.25, -0.2) is 4.39 Å². The van der Waals surface area contributed by atoms with Crippen molar-refractivity contribution >= 4 is 17.4 Å². The van der Waals surface area contributed by atoms with Crippen molar-refractivity contribution in [3.8, 4) is 0 Å². The number of carbonyl (C=O) groups excluding carboxylic acids is 1. The van der Waals surface area contributed by atoms with Crippen LogP contribution in [0.25, 0.3) is 0 Å². The van der Waals surface area contributed by atoms with Crippen LogP contribution < -0.4 is 0 Å². The average Bonchev–Trinajstić information content (AvgIpc) is 2.32. The molecule has 0 saturated heterocycles. The second-order valence-corrected chi connectivity index (χ2v) is 5.26. The highest BCUT2D eigenvalue weighted by Gasteiger charge is 2.33. The van der Waals surface area contributed by atoms with E-state index in [4.69, 9.17) is 11.6 Å². The summed E-state index contributed by atoms with van der Waals surface area (Å²) >= 11 is 5.98. The van der Waals surface area contributed by atoms with Gasteiger partial charge >= 0.3 is 0 Å². The molecule has 0 aliphatic rings. The Morgan fingerprint density at radius 2 is 2.06 bits per heavy atom. The number of carbonyl (C=O) groups is 1. The van der Waals surface area contributed by atoms with Gasteiger partial charge in [-0.3, -0.25) is 9.69 Å². The van der Waals surface area contributed by atoms with Crippen LogP contribution >= 0.6 is 11.6 Å². The summed E-state index contributed by atoms with van der Waals surface area (Å²) in [5.74, 6) is -0.326. The van der Waals surface area contributed by atoms with Crippen LogP contribution in [0.4, 0.5) is 4.39 Å². The van der Waals surface area contributed by atoms with Crippen LogP contribution in [0.15, 0.2) is 18.2 Å². The number of hydrogen-bond acceptors (Lipinski definition) is 2. The number of benzene rings is 1. The zero-order valence-corrected chi connectivity index (χ0v) is 12.0. The van der Waals surface area contributed by atoms with Gasteiger partial charge in [0.25, 0.3) is 0 Å². The lowest BCUT2D eigenvalue weighted by Gasteiger charge is -2.34. The molecule has 0 saturated carbocycles. The third kappa shape index (κ3) is 3.09. The highest BCUT2D eigenvalue weighted by atomic mass is 35.5. The molecule has 2 nitrogen and oxygen atoms in total. The number of nitrogens with zero attached hydrogens (tertiary/aromatic N) is 1. The van der Waals surface area contributed by atoms with E-state index < -0.39 is 5.54 Å². The van der Waals surface area contributed by atoms with E-state index in [1.807, 2.05) is 32.8 Å². The SMILES string of the molecule is CCC(C)(C(=O)Cc1cc(F)ccc1Cl)N(C)C. The zero-order valence-electron chi connectivity index (χ0n) is 11.3. The molecule has 1 rings (SSSR count). The van der Waals surface area contributed by atoms with Crippen molar-refractivity contribution in [2.75, 3.05) is 14.1 Å². The van der Waals surface area contributed by atoms with Gasteiger partial charge in [0.1, 0.15) is 5.82 Å². The van der Waals surface area contributed by atoms with Crippen molar-refractivity contribution in [3.05, 3.63) is 34.6 Å². The molecule has 0 heterocycles. The topological polar surface area (TPSA) is 20.3 Å². The molecule has 0 fully saturated rings. The van der Waals surface area contributed by atoms with E-state index in [0.29, 0.717) is 17.0 Å². The number of ketones is 1. The molecule has 0 aliphatic carbocycles. The zero-order chi connectivity index (χ0) is 13.9. The van der Waals surface area contributed by atoms with Gasteiger partial charge in [-0.2, -0.15) is 0 Å². The second-order valence-electron chi connectivity index (χ2n) is 4.86. The standard InChI is InChI=1S/C14H19ClFNO/c1-5-14(2,17(3)4)13(18)9-10-8-11(16)6-7-12(10)15/h6-8H,5,9H2,1-4H3. The molecule has 100 valence electrons. The lowest BCUT2D eigenvalue weighted by Crippen LogP contribution is -2.48. The number of hydrogen-bond donors (Lipinski definition) is 0. The largest absolute Gasteiger partial charge is 0.297 e. The van der Waals surface area contributed by atoms with Crippen molar-refractivity contribution in [1.29, 1.82) is 0 Å². The van der Waals surface area contributed by atoms with E-state index in [2.05, 4.69) is 0 Å². The van der Waals surface area contributed by atoms with Crippen LogP contribution in [-0.4, -0.2) is 30.3 Å². The molecule has 1 atom stereocenters. The molecule has 1 unspecified atom stereocenters. The van der Waals surface area contributed by atoms with Gasteiger partial charge in [0.2, 0.25) is 0 Å². The Hall–Kier alpha value is -0.930. The lowest BCUT2D eigenvalue weighted by atomic mass is 9.88. The van der Waals surface area contributed by atoms with Crippen LogP contribution in [0.2, 0.25) is 5.02 Å². The summed E-state index contributed by atoms with van der Waals surface area (Å²) in [6.45, 7) is 3.85. The Morgan fingerprint density at radius 3 is 2.56 bits per heavy atom. The van der Waals surface area contributed by atoms with Crippen molar-refractivity contribution in [1.82, 2.24) is 4.90 Å². The summed E-state index contributed by atoms with van der Waals surface area (Å²) < 4.78 is 13.2. The summed E-state index contributed by atoms with van der Waals surface area (Å²) in [6, 6.07) is 4.10. The number of likely N-dealkylation sites (N-methyl/N-ethyl adjacent to an activating group) is 1. The van der Waals surface area contributed by atoms with Crippen molar-refractivity contribution in [2.24, 2.45) is 0 Å². The third-order valence-corrected chi connectivity index (χ3v) is 4.00. The lowest BCUT2D eigenvalue weighted by molar-refractivity contribution is -0.128. The van der Waals surface area contributed by atoms with E-state index in [9.17, 15) is 9.18 Å². The van der Waals surface area contributed by atoms with Crippen LogP contribution in [0.5, 0.6) is 0 Å². The first-order valence-corrected chi connectivity index (χ1v) is 6.33. The maximum Gasteiger partial charge on any atom is 0.157 e. The predicted octanol–water partition coefficient (Wildman–Crippen LogP) is 3.32. The quantitative estimate of drug-likeness (QED) is 0.819.